The molecule has 2 heterocycles. The second-order valence-corrected chi connectivity index (χ2v) is 9.12. The average molecular weight is 409 g/mol. The Morgan fingerprint density at radius 1 is 1.10 bits per heavy atom. The van der Waals surface area contributed by atoms with Gasteiger partial charge in [-0.15, -0.1) is 5.10 Å². The van der Waals surface area contributed by atoms with Crippen molar-refractivity contribution in [1.82, 2.24) is 14.8 Å². The van der Waals surface area contributed by atoms with Crippen molar-refractivity contribution in [1.29, 1.82) is 0 Å². The smallest absolute Gasteiger partial charge is 0.231 e. The van der Waals surface area contributed by atoms with E-state index in [1.807, 2.05) is 36.1 Å². The minimum Gasteiger partial charge on any atom is -0.497 e. The highest BCUT2D eigenvalue weighted by molar-refractivity contribution is 5.92. The summed E-state index contributed by atoms with van der Waals surface area (Å²) in [5.74, 6) is 2.97. The lowest BCUT2D eigenvalue weighted by atomic mass is 9.64. The van der Waals surface area contributed by atoms with Crippen LogP contribution in [0.1, 0.15) is 71.1 Å². The van der Waals surface area contributed by atoms with Crippen LogP contribution in [0.4, 0.5) is 5.95 Å². The molecule has 2 aromatic rings. The number of carbonyl (C=O) groups is 1. The topological polar surface area (TPSA) is 60.3 Å². The van der Waals surface area contributed by atoms with Crippen molar-refractivity contribution in [3.63, 3.8) is 0 Å². The number of rotatable bonds is 3. The number of hydrogen-bond acceptors (Lipinski definition) is 4. The Labute approximate surface area is 178 Å². The summed E-state index contributed by atoms with van der Waals surface area (Å²) in [5.41, 5.74) is 0.983. The summed E-state index contributed by atoms with van der Waals surface area (Å²) in [4.78, 5) is 20.1. The van der Waals surface area contributed by atoms with Gasteiger partial charge in [0.05, 0.1) is 12.6 Å². The van der Waals surface area contributed by atoms with Crippen LogP contribution in [0.2, 0.25) is 0 Å². The number of hydrogen-bond donors (Lipinski definition) is 0. The number of carbonyl (C=O) groups excluding carboxylic acids is 1. The van der Waals surface area contributed by atoms with Crippen LogP contribution in [-0.2, 0) is 10.3 Å². The summed E-state index contributed by atoms with van der Waals surface area (Å²) in [7, 11) is 1.67. The van der Waals surface area contributed by atoms with Gasteiger partial charge in [0.15, 0.2) is 5.82 Å². The van der Waals surface area contributed by atoms with Crippen molar-refractivity contribution in [3.05, 3.63) is 24.3 Å². The van der Waals surface area contributed by atoms with Crippen LogP contribution in [0.5, 0.6) is 5.75 Å². The summed E-state index contributed by atoms with van der Waals surface area (Å²) in [6, 6.07) is 8.17. The van der Waals surface area contributed by atoms with Crippen LogP contribution in [0, 0.1) is 5.92 Å². The number of fused-ring (bicyclic) bond motifs is 4. The van der Waals surface area contributed by atoms with E-state index in [4.69, 9.17) is 14.8 Å². The van der Waals surface area contributed by atoms with Crippen molar-refractivity contribution in [2.75, 3.05) is 12.0 Å². The molecule has 0 N–H and O–H groups in total. The Morgan fingerprint density at radius 3 is 2.53 bits per heavy atom. The Kier molecular flexibility index (Phi) is 5.03. The summed E-state index contributed by atoms with van der Waals surface area (Å²) < 4.78 is 7.49. The fraction of sp³-hybridized carbons (Fsp3) is 0.625. The molecule has 0 saturated heterocycles. The van der Waals surface area contributed by atoms with Gasteiger partial charge in [-0.25, -0.2) is 4.68 Å². The van der Waals surface area contributed by atoms with E-state index < -0.39 is 0 Å². The summed E-state index contributed by atoms with van der Waals surface area (Å²) in [5, 5.41) is 5.08. The molecule has 2 atom stereocenters. The van der Waals surface area contributed by atoms with E-state index in [9.17, 15) is 4.79 Å². The normalized spacial score (nSPS) is 24.9. The molecule has 1 aromatic heterocycles. The first kappa shape index (κ1) is 19.6. The Bertz CT molecular complexity index is 914. The zero-order valence-electron chi connectivity index (χ0n) is 18.1. The first-order valence-electron chi connectivity index (χ1n) is 11.6. The van der Waals surface area contributed by atoms with Crippen molar-refractivity contribution in [2.24, 2.45) is 5.92 Å². The van der Waals surface area contributed by atoms with Crippen LogP contribution in [-0.4, -0.2) is 33.8 Å². The number of methoxy groups -OCH3 is 1. The first-order valence-corrected chi connectivity index (χ1v) is 11.6. The zero-order chi connectivity index (χ0) is 20.7. The lowest BCUT2D eigenvalue weighted by molar-refractivity contribution is -0.120. The molecule has 1 spiro atoms. The van der Waals surface area contributed by atoms with E-state index in [1.54, 1.807) is 7.11 Å². The van der Waals surface area contributed by atoms with Gasteiger partial charge in [-0.1, -0.05) is 39.0 Å². The van der Waals surface area contributed by atoms with Gasteiger partial charge in [-0.3, -0.25) is 9.69 Å². The number of ether oxygens (including phenoxy) is 1. The minimum atomic E-state index is 0.0148. The first-order chi connectivity index (χ1) is 14.7. The summed E-state index contributed by atoms with van der Waals surface area (Å²) >= 11 is 0. The molecule has 2 saturated carbocycles. The Balaban J connectivity index is 1.66. The monoisotopic (exact) mass is 408 g/mol. The van der Waals surface area contributed by atoms with Gasteiger partial charge >= 0.3 is 0 Å². The Morgan fingerprint density at radius 2 is 1.83 bits per heavy atom. The lowest BCUT2D eigenvalue weighted by Gasteiger charge is -2.55. The third-order valence-corrected chi connectivity index (χ3v) is 7.62. The largest absolute Gasteiger partial charge is 0.497 e. The van der Waals surface area contributed by atoms with Crippen LogP contribution in [0.3, 0.4) is 0 Å². The van der Waals surface area contributed by atoms with Gasteiger partial charge in [0, 0.05) is 23.9 Å². The molecule has 2 fully saturated rings. The third-order valence-electron chi connectivity index (χ3n) is 7.62. The second kappa shape index (κ2) is 7.71. The quantitative estimate of drug-likeness (QED) is 0.723. The SMILES string of the molecule is CCC(=O)N1c2nc(-c3ccc(OC)cc3)nn2C2(CCCCC2)[C@@H]2CCCC[C@@H]21. The summed E-state index contributed by atoms with van der Waals surface area (Å²) in [6.45, 7) is 1.95. The van der Waals surface area contributed by atoms with Gasteiger partial charge < -0.3 is 4.74 Å². The molecule has 30 heavy (non-hydrogen) atoms. The number of nitrogens with zero attached hydrogens (tertiary/aromatic N) is 4. The molecule has 1 aliphatic heterocycles. The van der Waals surface area contributed by atoms with E-state index in [2.05, 4.69) is 4.68 Å². The average Bonchev–Trinajstić information content (AvgIpc) is 3.26. The van der Waals surface area contributed by atoms with E-state index in [1.165, 1.54) is 38.5 Å². The van der Waals surface area contributed by atoms with Crippen molar-refractivity contribution in [3.8, 4) is 17.1 Å². The number of aromatic nitrogens is 3. The molecule has 6 heteroatoms. The Hall–Kier alpha value is -2.37. The van der Waals surface area contributed by atoms with Crippen LogP contribution in [0.25, 0.3) is 11.4 Å². The van der Waals surface area contributed by atoms with E-state index >= 15 is 0 Å². The van der Waals surface area contributed by atoms with Crippen molar-refractivity contribution < 1.29 is 9.53 Å². The predicted octanol–water partition coefficient (Wildman–Crippen LogP) is 4.93. The maximum absolute atomic E-state index is 13.1. The highest BCUT2D eigenvalue weighted by Crippen LogP contribution is 2.53. The maximum atomic E-state index is 13.1. The molecule has 6 nitrogen and oxygen atoms in total. The highest BCUT2D eigenvalue weighted by Gasteiger charge is 2.54. The number of amides is 1. The van der Waals surface area contributed by atoms with E-state index in [-0.39, 0.29) is 17.5 Å². The van der Waals surface area contributed by atoms with Gasteiger partial charge in [0.2, 0.25) is 11.9 Å². The minimum absolute atomic E-state index is 0.0148. The van der Waals surface area contributed by atoms with Crippen LogP contribution in [0.15, 0.2) is 24.3 Å². The second-order valence-electron chi connectivity index (χ2n) is 9.12. The lowest BCUT2D eigenvalue weighted by Crippen LogP contribution is -2.61. The van der Waals surface area contributed by atoms with Gasteiger partial charge in [0.1, 0.15) is 5.75 Å². The molecule has 1 amide bonds. The molecule has 3 aliphatic rings. The van der Waals surface area contributed by atoms with Gasteiger partial charge in [0.25, 0.3) is 0 Å². The van der Waals surface area contributed by atoms with Crippen LogP contribution < -0.4 is 9.64 Å². The molecule has 160 valence electrons. The molecular formula is C24H32N4O2. The fourth-order valence-corrected chi connectivity index (χ4v) is 6.19. The van der Waals surface area contributed by atoms with Crippen molar-refractivity contribution in [2.45, 2.75) is 82.7 Å². The van der Waals surface area contributed by atoms with E-state index in [0.29, 0.717) is 18.2 Å². The molecule has 2 aliphatic carbocycles. The molecule has 0 bridgehead atoms. The molecule has 5 rings (SSSR count). The predicted molar refractivity (Wildman–Crippen MR) is 117 cm³/mol. The van der Waals surface area contributed by atoms with E-state index in [0.717, 1.165) is 36.5 Å². The van der Waals surface area contributed by atoms with Crippen molar-refractivity contribution >= 4 is 11.9 Å². The molecule has 1 aromatic carbocycles. The van der Waals surface area contributed by atoms with Gasteiger partial charge in [-0.2, -0.15) is 4.98 Å². The fourth-order valence-electron chi connectivity index (χ4n) is 6.19. The van der Waals surface area contributed by atoms with Crippen LogP contribution >= 0.6 is 0 Å². The highest BCUT2D eigenvalue weighted by atomic mass is 16.5. The third kappa shape index (κ3) is 2.95. The molecule has 0 unspecified atom stereocenters. The summed E-state index contributed by atoms with van der Waals surface area (Å²) in [6.07, 6.45) is 11.3. The number of anilines is 1. The molecule has 0 radical (unpaired) electrons. The zero-order valence-corrected chi connectivity index (χ0v) is 18.1. The molecular weight excluding hydrogens is 376 g/mol. The standard InChI is InChI=1S/C24H32N4O2/c1-3-21(29)27-20-10-6-5-9-19(20)24(15-7-4-8-16-24)28-23(27)25-22(26-28)17-11-13-18(30-2)14-12-17/h11-14,19-20H,3-10,15-16H2,1-2H3/t19-,20+/m1/s1. The number of benzene rings is 1. The maximum Gasteiger partial charge on any atom is 0.231 e. The van der Waals surface area contributed by atoms with Gasteiger partial charge in [-0.05, 0) is 49.9 Å².